The highest BCUT2D eigenvalue weighted by Crippen LogP contribution is 2.25. The molecule has 3 aromatic rings. The normalized spacial score (nSPS) is 10.5. The zero-order valence-electron chi connectivity index (χ0n) is 18.2. The second-order valence-electron chi connectivity index (χ2n) is 6.72. The van der Waals surface area contributed by atoms with E-state index < -0.39 is 23.4 Å². The predicted molar refractivity (Wildman–Crippen MR) is 123 cm³/mol. The molecule has 0 saturated heterocycles. The van der Waals surface area contributed by atoms with Crippen LogP contribution in [0.25, 0.3) is 0 Å². The van der Waals surface area contributed by atoms with E-state index >= 15 is 0 Å². The van der Waals surface area contributed by atoms with Gasteiger partial charge in [0.25, 0.3) is 5.91 Å². The van der Waals surface area contributed by atoms with Gasteiger partial charge in [-0.2, -0.15) is 5.10 Å². The van der Waals surface area contributed by atoms with E-state index in [1.807, 2.05) is 6.92 Å². The third kappa shape index (κ3) is 6.89. The topological polar surface area (TPSA) is 129 Å². The van der Waals surface area contributed by atoms with E-state index in [1.165, 1.54) is 24.4 Å². The summed E-state index contributed by atoms with van der Waals surface area (Å²) in [7, 11) is 0. The maximum Gasteiger partial charge on any atom is 0.343 e. The molecule has 0 spiro atoms. The number of carbonyl (C=O) groups is 2. The first-order valence-corrected chi connectivity index (χ1v) is 10.2. The first-order chi connectivity index (χ1) is 16.5. The number of benzene rings is 3. The van der Waals surface area contributed by atoms with Crippen LogP contribution in [0.4, 0.5) is 5.69 Å². The highest BCUT2D eigenvalue weighted by Gasteiger charge is 2.14. The first kappa shape index (κ1) is 23.9. The van der Waals surface area contributed by atoms with Crippen LogP contribution >= 0.6 is 0 Å². The lowest BCUT2D eigenvalue weighted by atomic mass is 10.2. The summed E-state index contributed by atoms with van der Waals surface area (Å²) in [4.78, 5) is 34.5. The fourth-order valence-electron chi connectivity index (χ4n) is 2.73. The molecule has 0 heterocycles. The minimum Gasteiger partial charge on any atom is -0.494 e. The highest BCUT2D eigenvalue weighted by molar-refractivity contribution is 5.91. The van der Waals surface area contributed by atoms with E-state index in [4.69, 9.17) is 14.2 Å². The number of amides is 1. The highest BCUT2D eigenvalue weighted by atomic mass is 16.6. The van der Waals surface area contributed by atoms with E-state index in [2.05, 4.69) is 10.5 Å². The molecule has 1 N–H and O–H groups in total. The van der Waals surface area contributed by atoms with Crippen molar-refractivity contribution in [3.05, 3.63) is 94.0 Å². The third-order valence-electron chi connectivity index (χ3n) is 4.32. The van der Waals surface area contributed by atoms with Crippen LogP contribution in [-0.2, 0) is 4.79 Å². The Morgan fingerprint density at radius 3 is 2.32 bits per heavy atom. The Labute approximate surface area is 194 Å². The van der Waals surface area contributed by atoms with Crippen molar-refractivity contribution in [2.45, 2.75) is 6.92 Å². The smallest absolute Gasteiger partial charge is 0.343 e. The number of hydrazone groups is 1. The van der Waals surface area contributed by atoms with Gasteiger partial charge < -0.3 is 14.2 Å². The minimum absolute atomic E-state index is 0.0120. The van der Waals surface area contributed by atoms with Gasteiger partial charge in [-0.3, -0.25) is 14.9 Å². The molecule has 0 aliphatic carbocycles. The second-order valence-corrected chi connectivity index (χ2v) is 6.72. The molecule has 1 amide bonds. The van der Waals surface area contributed by atoms with Gasteiger partial charge in [0.05, 0.1) is 23.3 Å². The Hall–Kier alpha value is -4.73. The molecule has 0 saturated carbocycles. The van der Waals surface area contributed by atoms with Crippen LogP contribution in [0.2, 0.25) is 0 Å². The maximum absolute atomic E-state index is 12.3. The van der Waals surface area contributed by atoms with Crippen LogP contribution in [0, 0.1) is 10.1 Å². The van der Waals surface area contributed by atoms with Crippen molar-refractivity contribution in [2.75, 3.05) is 13.2 Å². The fraction of sp³-hybridized carbons (Fsp3) is 0.125. The summed E-state index contributed by atoms with van der Waals surface area (Å²) in [5.74, 6) is -0.0895. The third-order valence-corrected chi connectivity index (χ3v) is 4.32. The number of nitro benzene ring substituents is 1. The molecular formula is C24H21N3O7. The molecule has 0 aliphatic rings. The van der Waals surface area contributed by atoms with Crippen LogP contribution in [0.3, 0.4) is 0 Å². The molecule has 0 fully saturated rings. The van der Waals surface area contributed by atoms with Crippen molar-refractivity contribution in [3.8, 4) is 17.2 Å². The van der Waals surface area contributed by atoms with Crippen molar-refractivity contribution >= 4 is 23.8 Å². The van der Waals surface area contributed by atoms with Crippen molar-refractivity contribution in [1.29, 1.82) is 0 Å². The largest absolute Gasteiger partial charge is 0.494 e. The average Bonchev–Trinajstić information content (AvgIpc) is 2.84. The van der Waals surface area contributed by atoms with Crippen LogP contribution in [0.1, 0.15) is 22.8 Å². The van der Waals surface area contributed by atoms with Crippen molar-refractivity contribution in [3.63, 3.8) is 0 Å². The van der Waals surface area contributed by atoms with Crippen LogP contribution in [0.15, 0.2) is 77.9 Å². The molecular weight excluding hydrogens is 442 g/mol. The molecule has 0 aromatic heterocycles. The van der Waals surface area contributed by atoms with Gasteiger partial charge in [-0.15, -0.1) is 0 Å². The molecule has 174 valence electrons. The van der Waals surface area contributed by atoms with Crippen LogP contribution in [0.5, 0.6) is 17.2 Å². The first-order valence-electron chi connectivity index (χ1n) is 10.2. The zero-order valence-corrected chi connectivity index (χ0v) is 18.2. The SMILES string of the molecule is CCOc1ccc(C(=O)Oc2ccc(/C=N/NC(=O)COc3ccccc3[N+](=O)[O-])cc2)cc1. The summed E-state index contributed by atoms with van der Waals surface area (Å²) < 4.78 is 15.9. The van der Waals surface area contributed by atoms with Crippen LogP contribution in [-0.4, -0.2) is 36.2 Å². The van der Waals surface area contributed by atoms with E-state index in [-0.39, 0.29) is 11.4 Å². The molecule has 0 aliphatic heterocycles. The van der Waals surface area contributed by atoms with Gasteiger partial charge in [-0.05, 0) is 67.1 Å². The molecule has 34 heavy (non-hydrogen) atoms. The molecule has 3 rings (SSSR count). The average molecular weight is 463 g/mol. The number of hydrogen-bond donors (Lipinski definition) is 1. The Morgan fingerprint density at radius 2 is 1.65 bits per heavy atom. The van der Waals surface area contributed by atoms with Crippen molar-refractivity contribution in [2.24, 2.45) is 5.10 Å². The standard InChI is InChI=1S/C24H21N3O7/c1-2-32-19-13-9-18(10-14-19)24(29)34-20-11-7-17(8-12-20)15-25-26-23(28)16-33-22-6-4-3-5-21(22)27(30)31/h3-15H,2,16H2,1H3,(H,26,28)/b25-15+. The molecule has 0 unspecified atom stereocenters. The van der Waals surface area contributed by atoms with Crippen molar-refractivity contribution < 1.29 is 28.7 Å². The van der Waals surface area contributed by atoms with E-state index in [0.29, 0.717) is 29.2 Å². The number of nitrogens with one attached hydrogen (secondary N) is 1. The Balaban J connectivity index is 1.47. The lowest BCUT2D eigenvalue weighted by molar-refractivity contribution is -0.385. The van der Waals surface area contributed by atoms with E-state index in [9.17, 15) is 19.7 Å². The molecule has 0 bridgehead atoms. The number of para-hydroxylation sites is 2. The molecule has 3 aromatic carbocycles. The van der Waals surface area contributed by atoms with Crippen LogP contribution < -0.4 is 19.6 Å². The fourth-order valence-corrected chi connectivity index (χ4v) is 2.73. The summed E-state index contributed by atoms with van der Waals surface area (Å²) >= 11 is 0. The molecule has 0 atom stereocenters. The number of carbonyl (C=O) groups excluding carboxylic acids is 2. The molecule has 10 heteroatoms. The zero-order chi connectivity index (χ0) is 24.3. The lowest BCUT2D eigenvalue weighted by Gasteiger charge is -2.06. The summed E-state index contributed by atoms with van der Waals surface area (Å²) in [5.41, 5.74) is 3.07. The number of nitro groups is 1. The number of ether oxygens (including phenoxy) is 3. The van der Waals surface area contributed by atoms with E-state index in [1.54, 1.807) is 54.6 Å². The van der Waals surface area contributed by atoms with Crippen molar-refractivity contribution in [1.82, 2.24) is 5.43 Å². The minimum atomic E-state index is -0.593. The van der Waals surface area contributed by atoms with Gasteiger partial charge in [0.2, 0.25) is 0 Å². The Bertz CT molecular complexity index is 1180. The van der Waals surface area contributed by atoms with Gasteiger partial charge in [-0.25, -0.2) is 10.2 Å². The number of hydrogen-bond acceptors (Lipinski definition) is 8. The maximum atomic E-state index is 12.3. The predicted octanol–water partition coefficient (Wildman–Crippen LogP) is 3.74. The lowest BCUT2D eigenvalue weighted by Crippen LogP contribution is -2.24. The van der Waals surface area contributed by atoms with Gasteiger partial charge >= 0.3 is 11.7 Å². The number of esters is 1. The number of rotatable bonds is 10. The summed E-state index contributed by atoms with van der Waals surface area (Å²) in [6.45, 7) is 1.97. The monoisotopic (exact) mass is 463 g/mol. The summed E-state index contributed by atoms with van der Waals surface area (Å²) in [6.07, 6.45) is 1.39. The molecule has 10 nitrogen and oxygen atoms in total. The number of nitrogens with zero attached hydrogens (tertiary/aromatic N) is 2. The van der Waals surface area contributed by atoms with Gasteiger partial charge in [0.1, 0.15) is 11.5 Å². The Kier molecular flexibility index (Phi) is 8.28. The Morgan fingerprint density at radius 1 is 0.971 bits per heavy atom. The summed E-state index contributed by atoms with van der Waals surface area (Å²) in [5, 5.41) is 14.8. The van der Waals surface area contributed by atoms with Gasteiger partial charge in [-0.1, -0.05) is 12.1 Å². The molecule has 0 radical (unpaired) electrons. The van der Waals surface area contributed by atoms with E-state index in [0.717, 1.165) is 0 Å². The second kappa shape index (κ2) is 11.8. The van der Waals surface area contributed by atoms with Gasteiger partial charge in [0, 0.05) is 6.07 Å². The quantitative estimate of drug-likeness (QED) is 0.159. The van der Waals surface area contributed by atoms with Gasteiger partial charge in [0.15, 0.2) is 12.4 Å². The summed E-state index contributed by atoms with van der Waals surface area (Å²) in [6, 6.07) is 18.9.